The van der Waals surface area contributed by atoms with Crippen LogP contribution in [-0.2, 0) is 4.79 Å². The maximum absolute atomic E-state index is 11.9. The molecule has 0 spiro atoms. The van der Waals surface area contributed by atoms with E-state index in [0.29, 0.717) is 5.78 Å². The van der Waals surface area contributed by atoms with Crippen LogP contribution < -0.4 is 0 Å². The van der Waals surface area contributed by atoms with Crippen LogP contribution in [0.2, 0.25) is 0 Å². The van der Waals surface area contributed by atoms with Crippen LogP contribution in [0.25, 0.3) is 0 Å². The van der Waals surface area contributed by atoms with E-state index in [1.807, 2.05) is 0 Å². The van der Waals surface area contributed by atoms with E-state index in [9.17, 15) is 4.79 Å². The lowest BCUT2D eigenvalue weighted by Crippen LogP contribution is -2.18. The molecule has 1 aliphatic rings. The fourth-order valence-electron chi connectivity index (χ4n) is 2.67. The van der Waals surface area contributed by atoms with Crippen molar-refractivity contribution in [1.29, 1.82) is 0 Å². The van der Waals surface area contributed by atoms with E-state index < -0.39 is 0 Å². The predicted molar refractivity (Wildman–Crippen MR) is 66.9 cm³/mol. The first-order valence-electron chi connectivity index (χ1n) is 6.20. The first-order chi connectivity index (χ1) is 7.59. The van der Waals surface area contributed by atoms with Gasteiger partial charge >= 0.3 is 0 Å². The fourth-order valence-corrected chi connectivity index (χ4v) is 2.67. The largest absolute Gasteiger partial charge is 0.299 e. The highest BCUT2D eigenvalue weighted by Crippen LogP contribution is 2.32. The second-order valence-electron chi connectivity index (χ2n) is 5.06. The first-order valence-corrected chi connectivity index (χ1v) is 6.20. The molecule has 1 unspecified atom stereocenters. The Morgan fingerprint density at radius 3 is 2.38 bits per heavy atom. The van der Waals surface area contributed by atoms with Crippen LogP contribution >= 0.6 is 0 Å². The zero-order valence-corrected chi connectivity index (χ0v) is 10.5. The molecule has 0 aliphatic heterocycles. The van der Waals surface area contributed by atoms with Crippen LogP contribution in [0.15, 0.2) is 12.1 Å². The number of carbonyl (C=O) groups is 1. The minimum atomic E-state index is 0.174. The monoisotopic (exact) mass is 216 g/mol. The van der Waals surface area contributed by atoms with Crippen molar-refractivity contribution in [2.45, 2.75) is 52.4 Å². The zero-order chi connectivity index (χ0) is 11.7. The Morgan fingerprint density at radius 1 is 1.00 bits per heavy atom. The molecule has 1 heteroatoms. The Bertz CT molecular complexity index is 418. The highest BCUT2D eigenvalue weighted by Gasteiger charge is 2.25. The van der Waals surface area contributed by atoms with Crippen LogP contribution in [0, 0.1) is 20.8 Å². The lowest BCUT2D eigenvalue weighted by atomic mass is 9.80. The van der Waals surface area contributed by atoms with Crippen LogP contribution in [0.3, 0.4) is 0 Å². The van der Waals surface area contributed by atoms with Gasteiger partial charge in [-0.2, -0.15) is 0 Å². The van der Waals surface area contributed by atoms with E-state index in [0.717, 1.165) is 19.3 Å². The van der Waals surface area contributed by atoms with Gasteiger partial charge in [-0.1, -0.05) is 18.6 Å². The summed E-state index contributed by atoms with van der Waals surface area (Å²) in [4.78, 5) is 11.9. The molecule has 0 radical (unpaired) electrons. The van der Waals surface area contributed by atoms with Gasteiger partial charge in [-0.05, 0) is 55.9 Å². The van der Waals surface area contributed by atoms with Crippen molar-refractivity contribution in [1.82, 2.24) is 0 Å². The summed E-state index contributed by atoms with van der Waals surface area (Å²) in [7, 11) is 0. The molecule has 1 aliphatic carbocycles. The second kappa shape index (κ2) is 4.40. The Kier molecular flexibility index (Phi) is 3.13. The van der Waals surface area contributed by atoms with Crippen LogP contribution in [0.1, 0.15) is 53.9 Å². The molecule has 1 nitrogen and oxygen atoms in total. The third-order valence-corrected chi connectivity index (χ3v) is 3.81. The van der Waals surface area contributed by atoms with Gasteiger partial charge in [-0.15, -0.1) is 0 Å². The summed E-state index contributed by atoms with van der Waals surface area (Å²) < 4.78 is 0. The molecule has 0 aromatic heterocycles. The van der Waals surface area contributed by atoms with E-state index in [2.05, 4.69) is 32.9 Å². The molecule has 86 valence electrons. The van der Waals surface area contributed by atoms with E-state index in [-0.39, 0.29) is 5.92 Å². The summed E-state index contributed by atoms with van der Waals surface area (Å²) in [5.41, 5.74) is 5.18. The molecule has 1 fully saturated rings. The molecule has 1 aromatic carbocycles. The molecular formula is C15H20O. The van der Waals surface area contributed by atoms with E-state index in [1.54, 1.807) is 0 Å². The van der Waals surface area contributed by atoms with Gasteiger partial charge in [-0.3, -0.25) is 4.79 Å². The SMILES string of the molecule is Cc1cc(C)c(C2CCCCC2=O)cc1C. The predicted octanol–water partition coefficient (Wildman–Crippen LogP) is 3.84. The number of Topliss-reactive ketones (excluding diaryl/α,β-unsaturated/α-hetero) is 1. The van der Waals surface area contributed by atoms with E-state index in [1.165, 1.54) is 28.7 Å². The van der Waals surface area contributed by atoms with Crippen molar-refractivity contribution < 1.29 is 4.79 Å². The average Bonchev–Trinajstić information content (AvgIpc) is 2.25. The molecule has 2 rings (SSSR count). The minimum Gasteiger partial charge on any atom is -0.299 e. The van der Waals surface area contributed by atoms with Crippen molar-refractivity contribution in [3.8, 4) is 0 Å². The van der Waals surface area contributed by atoms with Crippen molar-refractivity contribution in [2.24, 2.45) is 0 Å². The summed E-state index contributed by atoms with van der Waals surface area (Å²) >= 11 is 0. The number of hydrogen-bond acceptors (Lipinski definition) is 1. The molecule has 1 saturated carbocycles. The molecule has 16 heavy (non-hydrogen) atoms. The van der Waals surface area contributed by atoms with Crippen molar-refractivity contribution in [3.05, 3.63) is 34.4 Å². The van der Waals surface area contributed by atoms with Gasteiger partial charge in [0, 0.05) is 12.3 Å². The van der Waals surface area contributed by atoms with Gasteiger partial charge in [0.1, 0.15) is 5.78 Å². The maximum atomic E-state index is 11.9. The summed E-state index contributed by atoms with van der Waals surface area (Å²) in [6.07, 6.45) is 4.10. The zero-order valence-electron chi connectivity index (χ0n) is 10.5. The summed E-state index contributed by atoms with van der Waals surface area (Å²) in [5, 5.41) is 0. The molecular weight excluding hydrogens is 196 g/mol. The maximum Gasteiger partial charge on any atom is 0.140 e. The van der Waals surface area contributed by atoms with Crippen molar-refractivity contribution >= 4 is 5.78 Å². The molecule has 0 N–H and O–H groups in total. The number of ketones is 1. The Balaban J connectivity index is 2.39. The Morgan fingerprint density at radius 2 is 1.69 bits per heavy atom. The van der Waals surface area contributed by atoms with Gasteiger partial charge < -0.3 is 0 Å². The average molecular weight is 216 g/mol. The lowest BCUT2D eigenvalue weighted by Gasteiger charge is -2.23. The number of aryl methyl sites for hydroxylation is 3. The molecule has 0 saturated heterocycles. The minimum absolute atomic E-state index is 0.174. The van der Waals surface area contributed by atoms with Crippen LogP contribution in [0.5, 0.6) is 0 Å². The second-order valence-corrected chi connectivity index (χ2v) is 5.06. The Hall–Kier alpha value is -1.11. The summed E-state index contributed by atoms with van der Waals surface area (Å²) in [5.74, 6) is 0.616. The smallest absolute Gasteiger partial charge is 0.140 e. The molecule has 0 amide bonds. The highest BCUT2D eigenvalue weighted by atomic mass is 16.1. The lowest BCUT2D eigenvalue weighted by molar-refractivity contribution is -0.121. The van der Waals surface area contributed by atoms with E-state index in [4.69, 9.17) is 0 Å². The molecule has 0 bridgehead atoms. The van der Waals surface area contributed by atoms with E-state index >= 15 is 0 Å². The standard InChI is InChI=1S/C15H20O/c1-10-8-12(3)14(9-11(10)2)13-6-4-5-7-15(13)16/h8-9,13H,4-7H2,1-3H3. The topological polar surface area (TPSA) is 17.1 Å². The van der Waals surface area contributed by atoms with Crippen molar-refractivity contribution in [3.63, 3.8) is 0 Å². The van der Waals surface area contributed by atoms with Gasteiger partial charge in [0.15, 0.2) is 0 Å². The third kappa shape index (κ3) is 2.04. The summed E-state index contributed by atoms with van der Waals surface area (Å²) in [6, 6.07) is 4.44. The third-order valence-electron chi connectivity index (χ3n) is 3.81. The van der Waals surface area contributed by atoms with Crippen LogP contribution in [-0.4, -0.2) is 5.78 Å². The van der Waals surface area contributed by atoms with Gasteiger partial charge in [0.05, 0.1) is 0 Å². The van der Waals surface area contributed by atoms with Gasteiger partial charge in [0.25, 0.3) is 0 Å². The summed E-state index contributed by atoms with van der Waals surface area (Å²) in [6.45, 7) is 6.39. The highest BCUT2D eigenvalue weighted by molar-refractivity contribution is 5.86. The van der Waals surface area contributed by atoms with Crippen LogP contribution in [0.4, 0.5) is 0 Å². The van der Waals surface area contributed by atoms with Crippen molar-refractivity contribution in [2.75, 3.05) is 0 Å². The Labute approximate surface area is 97.9 Å². The molecule has 0 heterocycles. The van der Waals surface area contributed by atoms with Gasteiger partial charge in [-0.25, -0.2) is 0 Å². The number of rotatable bonds is 1. The normalized spacial score (nSPS) is 21.2. The molecule has 1 aromatic rings. The fraction of sp³-hybridized carbons (Fsp3) is 0.533. The first kappa shape index (κ1) is 11.4. The quantitative estimate of drug-likeness (QED) is 0.697. The van der Waals surface area contributed by atoms with Gasteiger partial charge in [0.2, 0.25) is 0 Å². The number of benzene rings is 1. The molecule has 1 atom stereocenters. The number of carbonyl (C=O) groups excluding carboxylic acids is 1. The number of hydrogen-bond donors (Lipinski definition) is 0.